The molecule has 0 unspecified atom stereocenters. The van der Waals surface area contributed by atoms with E-state index in [4.69, 9.17) is 4.42 Å². The van der Waals surface area contributed by atoms with E-state index in [1.807, 2.05) is 4.90 Å². The smallest absolute Gasteiger partial charge is 0.250 e. The Hall–Kier alpha value is -3.99. The van der Waals surface area contributed by atoms with Crippen LogP contribution in [0.15, 0.2) is 52.5 Å². The highest BCUT2D eigenvalue weighted by atomic mass is 16.4. The minimum absolute atomic E-state index is 0.0429. The summed E-state index contributed by atoms with van der Waals surface area (Å²) in [5.74, 6) is 1.32. The first-order chi connectivity index (χ1) is 17.2. The highest BCUT2D eigenvalue weighted by Gasteiger charge is 2.58. The van der Waals surface area contributed by atoms with Gasteiger partial charge in [-0.05, 0) is 36.8 Å². The van der Waals surface area contributed by atoms with Gasteiger partial charge in [-0.1, -0.05) is 24.3 Å². The Bertz CT molecular complexity index is 1300. The fourth-order valence-electron chi connectivity index (χ4n) is 5.21. The summed E-state index contributed by atoms with van der Waals surface area (Å²) >= 11 is 0. The van der Waals surface area contributed by atoms with Crippen LogP contribution in [0.3, 0.4) is 0 Å². The van der Waals surface area contributed by atoms with Crippen molar-refractivity contribution < 1.29 is 9.21 Å². The lowest BCUT2D eigenvalue weighted by molar-refractivity contribution is -0.134. The third-order valence-electron chi connectivity index (χ3n) is 7.34. The maximum atomic E-state index is 13.4. The number of aromatic nitrogens is 4. The molecule has 0 spiro atoms. The molecule has 4 N–H and O–H groups in total. The average molecular weight is 472 g/mol. The molecule has 3 aromatic rings. The molecule has 2 aliphatic carbocycles. The molecule has 178 valence electrons. The molecular weight excluding hydrogens is 446 g/mol. The van der Waals surface area contributed by atoms with Gasteiger partial charge in [0.1, 0.15) is 5.41 Å². The number of amides is 1. The van der Waals surface area contributed by atoms with Crippen LogP contribution in [0.1, 0.15) is 36.3 Å². The highest BCUT2D eigenvalue weighted by Crippen LogP contribution is 2.49. The van der Waals surface area contributed by atoms with Gasteiger partial charge in [-0.15, -0.1) is 10.2 Å². The van der Waals surface area contributed by atoms with Crippen molar-refractivity contribution >= 4 is 11.9 Å². The molecule has 1 saturated carbocycles. The fraction of sp³-hybridized carbons (Fsp3) is 0.375. The first-order valence-corrected chi connectivity index (χ1v) is 12.0. The van der Waals surface area contributed by atoms with Gasteiger partial charge in [0.25, 0.3) is 5.89 Å². The lowest BCUT2D eigenvalue weighted by Gasteiger charge is -2.29. The van der Waals surface area contributed by atoms with Gasteiger partial charge in [0.2, 0.25) is 17.7 Å². The van der Waals surface area contributed by atoms with Crippen molar-refractivity contribution in [1.82, 2.24) is 41.5 Å². The number of rotatable bonds is 5. The van der Waals surface area contributed by atoms with E-state index >= 15 is 0 Å². The summed E-state index contributed by atoms with van der Waals surface area (Å²) < 4.78 is 5.99. The number of carbonyl (C=O) groups excluding carboxylic acids is 1. The van der Waals surface area contributed by atoms with Crippen molar-refractivity contribution in [2.24, 2.45) is 0 Å². The molecule has 2 aliphatic heterocycles. The summed E-state index contributed by atoms with van der Waals surface area (Å²) in [6.45, 7) is 1.19. The summed E-state index contributed by atoms with van der Waals surface area (Å²) in [4.78, 5) is 24.2. The summed E-state index contributed by atoms with van der Waals surface area (Å²) in [6.07, 6.45) is 7.48. The van der Waals surface area contributed by atoms with Crippen molar-refractivity contribution in [3.63, 3.8) is 0 Å². The average Bonchev–Trinajstić information content (AvgIpc) is 3.23. The summed E-state index contributed by atoms with van der Waals surface area (Å²) in [5, 5.41) is 11.9. The van der Waals surface area contributed by atoms with Crippen LogP contribution in [0.4, 0.5) is 5.95 Å². The van der Waals surface area contributed by atoms with E-state index in [1.54, 1.807) is 12.4 Å². The number of hydrogen-bond acceptors (Lipinski definition) is 10. The van der Waals surface area contributed by atoms with Crippen molar-refractivity contribution in [3.05, 3.63) is 65.1 Å². The van der Waals surface area contributed by atoms with Crippen LogP contribution in [0.5, 0.6) is 0 Å². The molecule has 4 aliphatic rings. The number of hydrazine groups is 2. The molecule has 0 bridgehead atoms. The van der Waals surface area contributed by atoms with E-state index in [1.165, 1.54) is 11.1 Å². The van der Waals surface area contributed by atoms with Gasteiger partial charge < -0.3 is 25.5 Å². The number of nitrogens with one attached hydrogen (secondary N) is 4. The Morgan fingerprint density at radius 2 is 1.80 bits per heavy atom. The highest BCUT2D eigenvalue weighted by molar-refractivity contribution is 5.90. The normalized spacial score (nSPS) is 20.2. The van der Waals surface area contributed by atoms with E-state index in [0.717, 1.165) is 30.7 Å². The van der Waals surface area contributed by atoms with Crippen LogP contribution in [-0.4, -0.2) is 50.1 Å². The van der Waals surface area contributed by atoms with E-state index in [9.17, 15) is 4.79 Å². The zero-order valence-electron chi connectivity index (χ0n) is 19.0. The number of carbonyl (C=O) groups is 1. The van der Waals surface area contributed by atoms with Crippen molar-refractivity contribution in [1.29, 1.82) is 0 Å². The Balaban J connectivity index is 1.03. The molecule has 0 radical (unpaired) electrons. The zero-order valence-corrected chi connectivity index (χ0v) is 19.0. The standard InChI is InChI=1S/C24H25N9O2/c34-22(33-8-5-18-19(13-33)29-32-28-18)24(6-7-24)21-31-30-20(35-21)16-11-25-23(26-12-16)27-17-9-14-3-1-2-4-15(14)10-17/h1-4,11-12,17,28-29,32H,5-10,13H2,(H,25,26,27). The second kappa shape index (κ2) is 7.77. The molecule has 11 heteroatoms. The molecule has 4 heterocycles. The Labute approximate surface area is 201 Å². The maximum absolute atomic E-state index is 13.4. The van der Waals surface area contributed by atoms with Crippen molar-refractivity contribution in [2.45, 2.75) is 43.6 Å². The summed E-state index contributed by atoms with van der Waals surface area (Å²) in [5.41, 5.74) is 13.8. The van der Waals surface area contributed by atoms with E-state index in [-0.39, 0.29) is 11.9 Å². The quantitative estimate of drug-likeness (QED) is 0.430. The lowest BCUT2D eigenvalue weighted by Crippen LogP contribution is -2.44. The maximum Gasteiger partial charge on any atom is 0.250 e. The van der Waals surface area contributed by atoms with Crippen LogP contribution in [0.25, 0.3) is 11.5 Å². The number of anilines is 1. The molecule has 0 atom stereocenters. The lowest BCUT2D eigenvalue weighted by atomic mass is 10.0. The topological polar surface area (TPSA) is 133 Å². The van der Waals surface area contributed by atoms with Gasteiger partial charge in [-0.25, -0.2) is 9.97 Å². The predicted molar refractivity (Wildman–Crippen MR) is 125 cm³/mol. The first kappa shape index (κ1) is 20.4. The van der Waals surface area contributed by atoms with E-state index in [2.05, 4.69) is 66.1 Å². The monoisotopic (exact) mass is 471 g/mol. The molecule has 2 aromatic heterocycles. The Morgan fingerprint density at radius 3 is 2.54 bits per heavy atom. The molecule has 1 aromatic carbocycles. The van der Waals surface area contributed by atoms with E-state index in [0.29, 0.717) is 49.2 Å². The Kier molecular flexibility index (Phi) is 4.53. The number of nitrogens with zero attached hydrogens (tertiary/aromatic N) is 5. The molecule has 7 rings (SSSR count). The van der Waals surface area contributed by atoms with Crippen molar-refractivity contribution in [3.8, 4) is 11.5 Å². The molecule has 1 amide bonds. The SMILES string of the molecule is O=C(N1CCC2=C(C1)NNN2)C1(c2nnc(-c3cnc(NC4Cc5ccccc5C4)nc3)o2)CC1. The minimum atomic E-state index is -0.720. The van der Waals surface area contributed by atoms with E-state index < -0.39 is 5.41 Å². The zero-order chi connectivity index (χ0) is 23.4. The van der Waals surface area contributed by atoms with Gasteiger partial charge in [-0.3, -0.25) is 4.79 Å². The Morgan fingerprint density at radius 1 is 1.06 bits per heavy atom. The van der Waals surface area contributed by atoms with Gasteiger partial charge in [-0.2, -0.15) is 5.53 Å². The minimum Gasteiger partial charge on any atom is -0.419 e. The molecule has 11 nitrogen and oxygen atoms in total. The number of hydrogen-bond donors (Lipinski definition) is 4. The predicted octanol–water partition coefficient (Wildman–Crippen LogP) is 1.19. The molecule has 35 heavy (non-hydrogen) atoms. The third-order valence-corrected chi connectivity index (χ3v) is 7.34. The van der Waals surface area contributed by atoms with Gasteiger partial charge in [0.15, 0.2) is 0 Å². The van der Waals surface area contributed by atoms with Crippen LogP contribution in [0.2, 0.25) is 0 Å². The van der Waals surface area contributed by atoms with Crippen LogP contribution in [-0.2, 0) is 23.1 Å². The number of benzene rings is 1. The third kappa shape index (κ3) is 3.50. The first-order valence-electron chi connectivity index (χ1n) is 12.0. The van der Waals surface area contributed by atoms with Gasteiger partial charge >= 0.3 is 0 Å². The largest absolute Gasteiger partial charge is 0.419 e. The molecule has 0 saturated heterocycles. The van der Waals surface area contributed by atoms with Crippen molar-refractivity contribution in [2.75, 3.05) is 18.4 Å². The second-order valence-corrected chi connectivity index (χ2v) is 9.62. The summed E-state index contributed by atoms with van der Waals surface area (Å²) in [7, 11) is 0. The molecule has 1 fully saturated rings. The summed E-state index contributed by atoms with van der Waals surface area (Å²) in [6, 6.07) is 8.77. The van der Waals surface area contributed by atoms with Gasteiger partial charge in [0.05, 0.1) is 23.5 Å². The second-order valence-electron chi connectivity index (χ2n) is 9.62. The van der Waals surface area contributed by atoms with Gasteiger partial charge in [0, 0.05) is 31.4 Å². The number of fused-ring (bicyclic) bond motifs is 1. The van der Waals surface area contributed by atoms with Crippen LogP contribution >= 0.6 is 0 Å². The fourth-order valence-corrected chi connectivity index (χ4v) is 5.21. The van der Waals surface area contributed by atoms with Crippen LogP contribution < -0.4 is 21.7 Å². The van der Waals surface area contributed by atoms with Crippen LogP contribution in [0, 0.1) is 0 Å². The molecular formula is C24H25N9O2.